The zero-order valence-electron chi connectivity index (χ0n) is 14.8. The molecule has 2 saturated heterocycles. The second kappa shape index (κ2) is 4.51. The first-order chi connectivity index (χ1) is 11.7. The van der Waals surface area contributed by atoms with Crippen molar-refractivity contribution in [3.05, 3.63) is 22.3 Å². The molecule has 0 unspecified atom stereocenters. The van der Waals surface area contributed by atoms with E-state index in [4.69, 9.17) is 9.47 Å². The fourth-order valence-corrected chi connectivity index (χ4v) is 7.33. The average molecular weight is 359 g/mol. The van der Waals surface area contributed by atoms with E-state index in [1.807, 2.05) is 7.05 Å². The SMILES string of the molecule is CN1CC2=C(C1=O)[C@H]([Si](C)(C)C)CC1=C2[C@H]2O[C@@H]1[C@@H]1C(=O)OC(=O)[C@@H]12. The van der Waals surface area contributed by atoms with Crippen molar-refractivity contribution in [2.45, 2.75) is 43.8 Å². The highest BCUT2D eigenvalue weighted by atomic mass is 28.3. The molecule has 4 aliphatic heterocycles. The van der Waals surface area contributed by atoms with Crippen molar-refractivity contribution < 1.29 is 23.9 Å². The van der Waals surface area contributed by atoms with Gasteiger partial charge in [0, 0.05) is 19.2 Å². The van der Waals surface area contributed by atoms with E-state index in [1.165, 1.54) is 0 Å². The summed E-state index contributed by atoms with van der Waals surface area (Å²) in [7, 11) is 0.182. The maximum absolute atomic E-state index is 12.8. The highest BCUT2D eigenvalue weighted by molar-refractivity contribution is 6.78. The number of likely N-dealkylation sites (N-methyl/N-ethyl adjacent to an activating group) is 1. The maximum Gasteiger partial charge on any atom is 0.320 e. The lowest BCUT2D eigenvalue weighted by atomic mass is 9.71. The standard InChI is InChI=1S/C18H21NO5Si/c1-19-6-8-10-7(5-9(25(2,3)4)11(8)16(19)20)14-12-13(15(10)23-14)18(22)24-17(12)21/h9,12-15H,5-6H2,1-4H3/t9-,12-,13+,14+,15-/m1/s1. The number of amides is 1. The molecule has 0 saturated carbocycles. The average Bonchev–Trinajstić information content (AvgIpc) is 3.21. The highest BCUT2D eigenvalue weighted by Gasteiger charge is 2.66. The van der Waals surface area contributed by atoms with Gasteiger partial charge >= 0.3 is 11.9 Å². The fourth-order valence-electron chi connectivity index (χ4n) is 5.33. The van der Waals surface area contributed by atoms with Gasteiger partial charge < -0.3 is 14.4 Å². The number of hydrogen-bond acceptors (Lipinski definition) is 5. The van der Waals surface area contributed by atoms with Gasteiger partial charge in [-0.1, -0.05) is 19.6 Å². The Morgan fingerprint density at radius 3 is 2.28 bits per heavy atom. The number of cyclic esters (lactones) is 2. The Morgan fingerprint density at radius 1 is 1.00 bits per heavy atom. The van der Waals surface area contributed by atoms with E-state index in [-0.39, 0.29) is 17.6 Å². The zero-order valence-corrected chi connectivity index (χ0v) is 15.8. The molecule has 0 aromatic heterocycles. The quantitative estimate of drug-likeness (QED) is 0.400. The van der Waals surface area contributed by atoms with Crippen LogP contribution in [0.1, 0.15) is 6.42 Å². The van der Waals surface area contributed by atoms with Crippen molar-refractivity contribution in [1.82, 2.24) is 4.90 Å². The molecule has 5 aliphatic rings. The van der Waals surface area contributed by atoms with Crippen LogP contribution in [0.3, 0.4) is 0 Å². The van der Waals surface area contributed by atoms with Crippen molar-refractivity contribution in [3.63, 3.8) is 0 Å². The van der Waals surface area contributed by atoms with Gasteiger partial charge in [0.15, 0.2) is 0 Å². The van der Waals surface area contributed by atoms with Gasteiger partial charge in [0.1, 0.15) is 11.8 Å². The van der Waals surface area contributed by atoms with E-state index < -0.39 is 38.0 Å². The number of nitrogens with zero attached hydrogens (tertiary/aromatic N) is 1. The molecule has 5 atom stereocenters. The molecule has 1 amide bonds. The first kappa shape index (κ1) is 15.5. The number of fused-ring (bicyclic) bond motifs is 8. The Kier molecular flexibility index (Phi) is 2.80. The van der Waals surface area contributed by atoms with Crippen LogP contribution in [0.25, 0.3) is 0 Å². The third-order valence-corrected chi connectivity index (χ3v) is 9.08. The monoisotopic (exact) mass is 359 g/mol. The fraction of sp³-hybridized carbons (Fsp3) is 0.611. The Hall–Kier alpha value is -1.73. The van der Waals surface area contributed by atoms with Gasteiger partial charge in [-0.15, -0.1) is 0 Å². The number of ether oxygens (including phenoxy) is 2. The number of esters is 2. The van der Waals surface area contributed by atoms with Gasteiger partial charge in [0.05, 0.1) is 20.3 Å². The smallest absolute Gasteiger partial charge is 0.320 e. The summed E-state index contributed by atoms with van der Waals surface area (Å²) in [6.07, 6.45) is 0.00341. The summed E-state index contributed by atoms with van der Waals surface area (Å²) < 4.78 is 11.0. The van der Waals surface area contributed by atoms with Crippen LogP contribution >= 0.6 is 0 Å². The number of hydrogen-bond donors (Lipinski definition) is 0. The lowest BCUT2D eigenvalue weighted by Gasteiger charge is -2.37. The van der Waals surface area contributed by atoms with Crippen molar-refractivity contribution in [2.24, 2.45) is 11.8 Å². The van der Waals surface area contributed by atoms with Gasteiger partial charge in [-0.2, -0.15) is 0 Å². The minimum atomic E-state index is -1.64. The molecule has 25 heavy (non-hydrogen) atoms. The summed E-state index contributed by atoms with van der Waals surface area (Å²) in [4.78, 5) is 38.8. The van der Waals surface area contributed by atoms with Gasteiger partial charge in [-0.05, 0) is 28.7 Å². The predicted molar refractivity (Wildman–Crippen MR) is 90.1 cm³/mol. The third kappa shape index (κ3) is 1.75. The molecule has 2 bridgehead atoms. The lowest BCUT2D eigenvalue weighted by molar-refractivity contribution is -0.156. The highest BCUT2D eigenvalue weighted by Crippen LogP contribution is 2.59. The second-order valence-electron chi connectivity index (χ2n) is 8.88. The second-order valence-corrected chi connectivity index (χ2v) is 14.3. The first-order valence-electron chi connectivity index (χ1n) is 8.83. The van der Waals surface area contributed by atoms with Crippen molar-refractivity contribution >= 4 is 25.9 Å². The lowest BCUT2D eigenvalue weighted by Crippen LogP contribution is -2.39. The van der Waals surface area contributed by atoms with Crippen LogP contribution in [0.2, 0.25) is 25.2 Å². The summed E-state index contributed by atoms with van der Waals surface area (Å²) in [6, 6.07) is 0. The molecule has 2 fully saturated rings. The van der Waals surface area contributed by atoms with Gasteiger partial charge in [-0.3, -0.25) is 14.4 Å². The molecule has 0 aromatic rings. The molecule has 0 radical (unpaired) electrons. The minimum Gasteiger partial charge on any atom is -0.393 e. The van der Waals surface area contributed by atoms with Crippen molar-refractivity contribution in [2.75, 3.05) is 13.6 Å². The molecule has 0 aromatic carbocycles. The van der Waals surface area contributed by atoms with Gasteiger partial charge in [-0.25, -0.2) is 0 Å². The summed E-state index contributed by atoms with van der Waals surface area (Å²) >= 11 is 0. The number of carbonyl (C=O) groups is 3. The van der Waals surface area contributed by atoms with Crippen LogP contribution in [0.15, 0.2) is 22.3 Å². The van der Waals surface area contributed by atoms with Crippen LogP contribution in [0, 0.1) is 11.8 Å². The largest absolute Gasteiger partial charge is 0.393 e. The third-order valence-electron chi connectivity index (χ3n) is 6.49. The first-order valence-corrected chi connectivity index (χ1v) is 12.4. The van der Waals surface area contributed by atoms with Gasteiger partial charge in [0.2, 0.25) is 5.91 Å². The molecule has 0 N–H and O–H groups in total. The summed E-state index contributed by atoms with van der Waals surface area (Å²) in [5.74, 6) is -1.83. The van der Waals surface area contributed by atoms with Crippen LogP contribution in [-0.4, -0.2) is 56.6 Å². The Balaban J connectivity index is 1.67. The zero-order chi connectivity index (χ0) is 17.8. The summed E-state index contributed by atoms with van der Waals surface area (Å²) in [6.45, 7) is 7.41. The summed E-state index contributed by atoms with van der Waals surface area (Å²) in [5, 5.41) is 0. The molecule has 132 valence electrons. The Labute approximate surface area is 146 Å². The van der Waals surface area contributed by atoms with Crippen LogP contribution in [-0.2, 0) is 23.9 Å². The topological polar surface area (TPSA) is 72.9 Å². The van der Waals surface area contributed by atoms with Crippen LogP contribution in [0.5, 0.6) is 0 Å². The van der Waals surface area contributed by atoms with E-state index in [0.29, 0.717) is 6.54 Å². The molecule has 0 spiro atoms. The molecule has 1 aliphatic carbocycles. The van der Waals surface area contributed by atoms with E-state index in [9.17, 15) is 14.4 Å². The van der Waals surface area contributed by atoms with Crippen LogP contribution in [0.4, 0.5) is 0 Å². The van der Waals surface area contributed by atoms with E-state index in [2.05, 4.69) is 19.6 Å². The van der Waals surface area contributed by atoms with Crippen molar-refractivity contribution in [1.29, 1.82) is 0 Å². The minimum absolute atomic E-state index is 0.110. The number of rotatable bonds is 1. The molecule has 4 heterocycles. The summed E-state index contributed by atoms with van der Waals surface area (Å²) in [5.41, 5.74) is 4.39. The van der Waals surface area contributed by atoms with Crippen LogP contribution < -0.4 is 0 Å². The molecule has 5 rings (SSSR count). The van der Waals surface area contributed by atoms with E-state index in [0.717, 1.165) is 28.7 Å². The van der Waals surface area contributed by atoms with E-state index in [1.54, 1.807) is 4.90 Å². The molecule has 7 heteroatoms. The normalized spacial score (nSPS) is 39.3. The molecule has 6 nitrogen and oxygen atoms in total. The maximum atomic E-state index is 12.8. The predicted octanol–water partition coefficient (Wildman–Crippen LogP) is 1.26. The van der Waals surface area contributed by atoms with Gasteiger partial charge in [0.25, 0.3) is 0 Å². The van der Waals surface area contributed by atoms with E-state index >= 15 is 0 Å². The Bertz CT molecular complexity index is 820. The Morgan fingerprint density at radius 2 is 1.64 bits per heavy atom. The molecular weight excluding hydrogens is 338 g/mol. The number of carbonyl (C=O) groups excluding carboxylic acids is 3. The van der Waals surface area contributed by atoms with Crippen molar-refractivity contribution in [3.8, 4) is 0 Å². The molecular formula is C18H21NO5Si.